The van der Waals surface area contributed by atoms with Crippen LogP contribution in [0.5, 0.6) is 5.75 Å². The van der Waals surface area contributed by atoms with Crippen LogP contribution >= 0.6 is 0 Å². The van der Waals surface area contributed by atoms with Crippen LogP contribution in [0.3, 0.4) is 0 Å². The molecule has 0 radical (unpaired) electrons. The summed E-state index contributed by atoms with van der Waals surface area (Å²) in [6.45, 7) is 2.53. The molecule has 4 nitrogen and oxygen atoms in total. The number of hydrogen-bond donors (Lipinski definition) is 1. The van der Waals surface area contributed by atoms with Crippen molar-refractivity contribution >= 4 is 5.97 Å². The van der Waals surface area contributed by atoms with Crippen LogP contribution in [0.15, 0.2) is 47.1 Å². The predicted octanol–water partition coefficient (Wildman–Crippen LogP) is 3.28. The van der Waals surface area contributed by atoms with Crippen molar-refractivity contribution in [2.45, 2.75) is 19.3 Å². The van der Waals surface area contributed by atoms with Crippen molar-refractivity contribution in [2.24, 2.45) is 0 Å². The molecule has 1 aromatic carbocycles. The summed E-state index contributed by atoms with van der Waals surface area (Å²) in [6, 6.07) is 11.0. The molecule has 2 aromatic rings. The Morgan fingerprint density at radius 1 is 1.32 bits per heavy atom. The SMILES string of the molecule is CCOc1ccc(C(CC(=O)O)c2ccco2)cc1. The maximum absolute atomic E-state index is 11.0. The molecule has 0 aliphatic heterocycles. The van der Waals surface area contributed by atoms with Gasteiger partial charge in [0, 0.05) is 0 Å². The van der Waals surface area contributed by atoms with Gasteiger partial charge < -0.3 is 14.3 Å². The third-order valence-electron chi connectivity index (χ3n) is 2.86. The van der Waals surface area contributed by atoms with Crippen LogP contribution in [0, 0.1) is 0 Å². The Morgan fingerprint density at radius 3 is 2.58 bits per heavy atom. The minimum absolute atomic E-state index is 0.00148. The summed E-state index contributed by atoms with van der Waals surface area (Å²) in [5, 5.41) is 9.02. The van der Waals surface area contributed by atoms with Gasteiger partial charge in [-0.2, -0.15) is 0 Å². The summed E-state index contributed by atoms with van der Waals surface area (Å²) < 4.78 is 10.7. The highest BCUT2D eigenvalue weighted by molar-refractivity contribution is 5.68. The molecule has 2 rings (SSSR count). The Balaban J connectivity index is 2.25. The zero-order chi connectivity index (χ0) is 13.7. The minimum Gasteiger partial charge on any atom is -0.494 e. The molecule has 100 valence electrons. The van der Waals surface area contributed by atoms with Gasteiger partial charge in [0.2, 0.25) is 0 Å². The molecule has 1 heterocycles. The predicted molar refractivity (Wildman–Crippen MR) is 70.4 cm³/mol. The molecular weight excluding hydrogens is 244 g/mol. The minimum atomic E-state index is -0.852. The molecule has 19 heavy (non-hydrogen) atoms. The number of rotatable bonds is 6. The number of carboxylic acids is 1. The van der Waals surface area contributed by atoms with E-state index in [9.17, 15) is 4.79 Å². The molecule has 0 spiro atoms. The standard InChI is InChI=1S/C15H16O4/c1-2-18-12-7-5-11(6-8-12)13(10-15(16)17)14-4-3-9-19-14/h3-9,13H,2,10H2,1H3,(H,16,17). The third kappa shape index (κ3) is 3.37. The van der Waals surface area contributed by atoms with Crippen LogP contribution in [-0.2, 0) is 4.79 Å². The summed E-state index contributed by atoms with van der Waals surface area (Å²) in [5.74, 6) is 0.310. The van der Waals surface area contributed by atoms with E-state index in [0.717, 1.165) is 11.3 Å². The molecule has 4 heteroatoms. The van der Waals surface area contributed by atoms with E-state index >= 15 is 0 Å². The average molecular weight is 260 g/mol. The zero-order valence-electron chi connectivity index (χ0n) is 10.7. The van der Waals surface area contributed by atoms with Gasteiger partial charge in [-0.3, -0.25) is 4.79 Å². The van der Waals surface area contributed by atoms with Gasteiger partial charge in [-0.1, -0.05) is 12.1 Å². The smallest absolute Gasteiger partial charge is 0.304 e. The van der Waals surface area contributed by atoms with Crippen molar-refractivity contribution in [3.63, 3.8) is 0 Å². The lowest BCUT2D eigenvalue weighted by Gasteiger charge is -2.13. The van der Waals surface area contributed by atoms with Crippen LogP contribution < -0.4 is 4.74 Å². The van der Waals surface area contributed by atoms with E-state index < -0.39 is 5.97 Å². The van der Waals surface area contributed by atoms with E-state index in [1.165, 1.54) is 0 Å². The van der Waals surface area contributed by atoms with E-state index in [1.54, 1.807) is 18.4 Å². The second kappa shape index (κ2) is 6.09. The molecule has 1 aromatic heterocycles. The van der Waals surface area contributed by atoms with Crippen LogP contribution in [0.4, 0.5) is 0 Å². The van der Waals surface area contributed by atoms with Crippen LogP contribution in [0.25, 0.3) is 0 Å². The van der Waals surface area contributed by atoms with Crippen molar-refractivity contribution in [1.82, 2.24) is 0 Å². The number of benzene rings is 1. The summed E-state index contributed by atoms with van der Waals surface area (Å²) in [5.41, 5.74) is 0.904. The highest BCUT2D eigenvalue weighted by Gasteiger charge is 2.20. The van der Waals surface area contributed by atoms with E-state index in [4.69, 9.17) is 14.3 Å². The number of carbonyl (C=O) groups is 1. The highest BCUT2D eigenvalue weighted by atomic mass is 16.5. The van der Waals surface area contributed by atoms with E-state index in [2.05, 4.69) is 0 Å². The Hall–Kier alpha value is -2.23. The Labute approximate surface area is 111 Å². The fraction of sp³-hybridized carbons (Fsp3) is 0.267. The first kappa shape index (κ1) is 13.2. The van der Waals surface area contributed by atoms with Gasteiger partial charge in [0.15, 0.2) is 0 Å². The van der Waals surface area contributed by atoms with Gasteiger partial charge in [-0.15, -0.1) is 0 Å². The second-order valence-electron chi connectivity index (χ2n) is 4.17. The molecule has 1 atom stereocenters. The number of hydrogen-bond acceptors (Lipinski definition) is 3. The number of ether oxygens (including phenoxy) is 1. The van der Waals surface area contributed by atoms with Gasteiger partial charge in [0.1, 0.15) is 11.5 Å². The van der Waals surface area contributed by atoms with Crippen molar-refractivity contribution in [2.75, 3.05) is 6.61 Å². The van der Waals surface area contributed by atoms with Gasteiger partial charge in [0.25, 0.3) is 0 Å². The van der Waals surface area contributed by atoms with Crippen molar-refractivity contribution in [1.29, 1.82) is 0 Å². The number of aliphatic carboxylic acids is 1. The van der Waals surface area contributed by atoms with E-state index in [0.29, 0.717) is 12.4 Å². The van der Waals surface area contributed by atoms with Gasteiger partial charge in [0.05, 0.1) is 25.2 Å². The first-order valence-corrected chi connectivity index (χ1v) is 6.18. The molecule has 0 fully saturated rings. The van der Waals surface area contributed by atoms with Crippen molar-refractivity contribution in [3.05, 3.63) is 54.0 Å². The lowest BCUT2D eigenvalue weighted by Crippen LogP contribution is -2.07. The van der Waals surface area contributed by atoms with Crippen molar-refractivity contribution in [3.8, 4) is 5.75 Å². The molecule has 0 bridgehead atoms. The Kier molecular flexibility index (Phi) is 4.23. The monoisotopic (exact) mass is 260 g/mol. The van der Waals surface area contributed by atoms with Crippen molar-refractivity contribution < 1.29 is 19.1 Å². The highest BCUT2D eigenvalue weighted by Crippen LogP contribution is 2.29. The van der Waals surface area contributed by atoms with E-state index in [1.807, 2.05) is 31.2 Å². The molecule has 0 amide bonds. The molecule has 0 saturated heterocycles. The maximum Gasteiger partial charge on any atom is 0.304 e. The number of carboxylic acid groups (broad SMARTS) is 1. The van der Waals surface area contributed by atoms with Gasteiger partial charge in [-0.25, -0.2) is 0 Å². The van der Waals surface area contributed by atoms with Crippen LogP contribution in [-0.4, -0.2) is 17.7 Å². The molecule has 0 aliphatic rings. The quantitative estimate of drug-likeness (QED) is 0.865. The largest absolute Gasteiger partial charge is 0.494 e. The maximum atomic E-state index is 11.0. The van der Waals surface area contributed by atoms with Crippen LogP contribution in [0.2, 0.25) is 0 Å². The lowest BCUT2D eigenvalue weighted by molar-refractivity contribution is -0.137. The first-order chi connectivity index (χ1) is 9.20. The topological polar surface area (TPSA) is 59.7 Å². The molecular formula is C15H16O4. The Morgan fingerprint density at radius 2 is 2.05 bits per heavy atom. The molecule has 0 saturated carbocycles. The summed E-state index contributed by atoms with van der Waals surface area (Å²) in [7, 11) is 0. The average Bonchev–Trinajstić information content (AvgIpc) is 2.91. The second-order valence-corrected chi connectivity index (χ2v) is 4.17. The van der Waals surface area contributed by atoms with E-state index in [-0.39, 0.29) is 12.3 Å². The molecule has 0 aliphatic carbocycles. The fourth-order valence-corrected chi connectivity index (χ4v) is 2.01. The summed E-state index contributed by atoms with van der Waals surface area (Å²) in [4.78, 5) is 11.0. The van der Waals surface area contributed by atoms with Crippen LogP contribution in [0.1, 0.15) is 30.6 Å². The summed E-state index contributed by atoms with van der Waals surface area (Å²) >= 11 is 0. The zero-order valence-corrected chi connectivity index (χ0v) is 10.7. The Bertz CT molecular complexity index is 514. The van der Waals surface area contributed by atoms with Gasteiger partial charge in [-0.05, 0) is 36.8 Å². The molecule has 1 unspecified atom stereocenters. The van der Waals surface area contributed by atoms with Gasteiger partial charge >= 0.3 is 5.97 Å². The third-order valence-corrected chi connectivity index (χ3v) is 2.86. The fourth-order valence-electron chi connectivity index (χ4n) is 2.01. The number of furan rings is 1. The molecule has 1 N–H and O–H groups in total. The first-order valence-electron chi connectivity index (χ1n) is 6.18. The summed E-state index contributed by atoms with van der Waals surface area (Å²) in [6.07, 6.45) is 1.56. The normalized spacial score (nSPS) is 12.1. The lowest BCUT2D eigenvalue weighted by atomic mass is 9.93.